The number of esters is 1. The highest BCUT2D eigenvalue weighted by Gasteiger charge is 2.37. The molecule has 7 nitrogen and oxygen atoms in total. The quantitative estimate of drug-likeness (QED) is 0.417. The monoisotopic (exact) mass is 483 g/mol. The molecule has 0 saturated carbocycles. The van der Waals surface area contributed by atoms with Gasteiger partial charge in [0.25, 0.3) is 0 Å². The zero-order chi connectivity index (χ0) is 26.0. The van der Waals surface area contributed by atoms with Gasteiger partial charge in [0.2, 0.25) is 0 Å². The molecule has 0 aliphatic rings. The van der Waals surface area contributed by atoms with E-state index in [4.69, 9.17) is 9.47 Å². The molecule has 190 valence electrons. The first-order chi connectivity index (χ1) is 16.5. The maximum Gasteiger partial charge on any atom is 0.407 e. The van der Waals surface area contributed by atoms with Gasteiger partial charge in [-0.2, -0.15) is 0 Å². The Morgan fingerprint density at radius 2 is 1.51 bits per heavy atom. The summed E-state index contributed by atoms with van der Waals surface area (Å²) in [7, 11) is 0. The standard InChI is InChI=1S/C28H37NO6/c1-19(2)15-23(25(30)31)24(26(32)35-28(3,4)5)16-21-13-9-10-14-22(21)17-29-27(33)34-18-20-11-7-6-8-12-20/h6-14,19,23-24H,15-18H2,1-5H3,(H,29,33)(H,30,31)/t23-,24?/m1/s1. The highest BCUT2D eigenvalue weighted by atomic mass is 16.6. The largest absolute Gasteiger partial charge is 0.481 e. The molecule has 2 rings (SSSR count). The SMILES string of the molecule is CC(C)C[C@@H](C(=O)O)C(Cc1ccccc1CNC(=O)OCc1ccccc1)C(=O)OC(C)(C)C. The van der Waals surface area contributed by atoms with E-state index in [9.17, 15) is 19.5 Å². The molecule has 0 spiro atoms. The molecule has 2 aromatic rings. The first-order valence-corrected chi connectivity index (χ1v) is 11.9. The molecular formula is C28H37NO6. The number of alkyl carbamates (subject to hydrolysis) is 1. The molecule has 35 heavy (non-hydrogen) atoms. The van der Waals surface area contributed by atoms with Crippen LogP contribution in [0.15, 0.2) is 54.6 Å². The summed E-state index contributed by atoms with van der Waals surface area (Å²) < 4.78 is 10.9. The molecule has 7 heteroatoms. The first-order valence-electron chi connectivity index (χ1n) is 11.9. The molecule has 0 heterocycles. The molecule has 0 radical (unpaired) electrons. The van der Waals surface area contributed by atoms with Gasteiger partial charge in [-0.3, -0.25) is 9.59 Å². The van der Waals surface area contributed by atoms with Gasteiger partial charge in [-0.05, 0) is 56.2 Å². The van der Waals surface area contributed by atoms with E-state index in [0.29, 0.717) is 6.42 Å². The fourth-order valence-corrected chi connectivity index (χ4v) is 3.82. The van der Waals surface area contributed by atoms with E-state index in [0.717, 1.165) is 16.7 Å². The lowest BCUT2D eigenvalue weighted by molar-refractivity contribution is -0.167. The number of benzene rings is 2. The third kappa shape index (κ3) is 9.81. The summed E-state index contributed by atoms with van der Waals surface area (Å²) in [6, 6.07) is 16.7. The Morgan fingerprint density at radius 3 is 2.09 bits per heavy atom. The van der Waals surface area contributed by atoms with Crippen LogP contribution in [0.3, 0.4) is 0 Å². The lowest BCUT2D eigenvalue weighted by Crippen LogP contribution is -2.37. The van der Waals surface area contributed by atoms with Crippen molar-refractivity contribution >= 4 is 18.0 Å². The van der Waals surface area contributed by atoms with E-state index in [1.807, 2.05) is 68.4 Å². The number of carbonyl (C=O) groups is 3. The van der Waals surface area contributed by atoms with Crippen molar-refractivity contribution in [2.24, 2.45) is 17.8 Å². The summed E-state index contributed by atoms with van der Waals surface area (Å²) >= 11 is 0. The second-order valence-corrected chi connectivity index (χ2v) is 10.1. The normalized spacial score (nSPS) is 13.1. The summed E-state index contributed by atoms with van der Waals surface area (Å²) in [5, 5.41) is 12.7. The van der Waals surface area contributed by atoms with Gasteiger partial charge in [-0.25, -0.2) is 4.79 Å². The Bertz CT molecular complexity index is 980. The van der Waals surface area contributed by atoms with Gasteiger partial charge in [0.05, 0.1) is 11.8 Å². The van der Waals surface area contributed by atoms with Crippen molar-refractivity contribution in [3.8, 4) is 0 Å². The van der Waals surface area contributed by atoms with Crippen LogP contribution in [-0.2, 0) is 38.6 Å². The summed E-state index contributed by atoms with van der Waals surface area (Å²) in [4.78, 5) is 37.5. The topological polar surface area (TPSA) is 102 Å². The van der Waals surface area contributed by atoms with Crippen LogP contribution >= 0.6 is 0 Å². The minimum absolute atomic E-state index is 0.0948. The summed E-state index contributed by atoms with van der Waals surface area (Å²) in [5.74, 6) is -3.20. The highest BCUT2D eigenvalue weighted by Crippen LogP contribution is 2.29. The van der Waals surface area contributed by atoms with Gasteiger partial charge in [0, 0.05) is 6.54 Å². The zero-order valence-electron chi connectivity index (χ0n) is 21.2. The van der Waals surface area contributed by atoms with E-state index < -0.39 is 35.5 Å². The van der Waals surface area contributed by atoms with Crippen molar-refractivity contribution in [2.45, 2.75) is 66.2 Å². The molecule has 0 aromatic heterocycles. The smallest absolute Gasteiger partial charge is 0.407 e. The van der Waals surface area contributed by atoms with Crippen LogP contribution in [0.25, 0.3) is 0 Å². The van der Waals surface area contributed by atoms with Crippen LogP contribution in [0.1, 0.15) is 57.7 Å². The van der Waals surface area contributed by atoms with Gasteiger partial charge in [-0.1, -0.05) is 68.4 Å². The minimum atomic E-state index is -1.02. The van der Waals surface area contributed by atoms with Crippen molar-refractivity contribution in [2.75, 3.05) is 0 Å². The number of carboxylic acid groups (broad SMARTS) is 1. The summed E-state index contributed by atoms with van der Waals surface area (Å²) in [5.41, 5.74) is 1.71. The van der Waals surface area contributed by atoms with E-state index in [1.165, 1.54) is 0 Å². The van der Waals surface area contributed by atoms with E-state index >= 15 is 0 Å². The molecule has 0 aliphatic heterocycles. The number of hydrogen-bond acceptors (Lipinski definition) is 5. The number of aliphatic carboxylic acids is 1. The van der Waals surface area contributed by atoms with E-state index in [1.54, 1.807) is 20.8 Å². The van der Waals surface area contributed by atoms with Crippen molar-refractivity contribution in [1.82, 2.24) is 5.32 Å². The second-order valence-electron chi connectivity index (χ2n) is 10.1. The number of hydrogen-bond donors (Lipinski definition) is 2. The molecule has 1 unspecified atom stereocenters. The first kappa shape index (κ1) is 27.9. The van der Waals surface area contributed by atoms with Gasteiger partial charge in [-0.15, -0.1) is 0 Å². The Kier molecular flexibility index (Phi) is 10.3. The molecular weight excluding hydrogens is 446 g/mol. The number of amides is 1. The van der Waals surface area contributed by atoms with Crippen LogP contribution in [0.5, 0.6) is 0 Å². The molecule has 0 saturated heterocycles. The molecule has 0 aliphatic carbocycles. The molecule has 1 amide bonds. The molecule has 0 fully saturated rings. The number of rotatable bonds is 11. The second kappa shape index (κ2) is 12.9. The fourth-order valence-electron chi connectivity index (χ4n) is 3.82. The van der Waals surface area contributed by atoms with Gasteiger partial charge in [0.15, 0.2) is 0 Å². The van der Waals surface area contributed by atoms with Crippen LogP contribution in [0.2, 0.25) is 0 Å². The van der Waals surface area contributed by atoms with Crippen molar-refractivity contribution < 1.29 is 29.0 Å². The Morgan fingerprint density at radius 1 is 0.914 bits per heavy atom. The fraction of sp³-hybridized carbons (Fsp3) is 0.464. The minimum Gasteiger partial charge on any atom is -0.481 e. The van der Waals surface area contributed by atoms with E-state index in [-0.39, 0.29) is 25.5 Å². The van der Waals surface area contributed by atoms with Gasteiger partial charge < -0.3 is 19.9 Å². The molecule has 2 atom stereocenters. The number of nitrogens with one attached hydrogen (secondary N) is 1. The summed E-state index contributed by atoms with van der Waals surface area (Å²) in [6.07, 6.45) is -0.0170. The number of carbonyl (C=O) groups excluding carboxylic acids is 2. The Hall–Kier alpha value is -3.35. The molecule has 0 bridgehead atoms. The van der Waals surface area contributed by atoms with Crippen molar-refractivity contribution in [3.63, 3.8) is 0 Å². The lowest BCUT2D eigenvalue weighted by atomic mass is 9.81. The Balaban J connectivity index is 2.16. The van der Waals surface area contributed by atoms with Gasteiger partial charge >= 0.3 is 18.0 Å². The predicted molar refractivity (Wildman–Crippen MR) is 134 cm³/mol. The number of carboxylic acids is 1. The average molecular weight is 484 g/mol. The zero-order valence-corrected chi connectivity index (χ0v) is 21.2. The molecule has 2 aromatic carbocycles. The maximum absolute atomic E-state index is 13.1. The Labute approximate surface area is 207 Å². The summed E-state index contributed by atoms with van der Waals surface area (Å²) in [6.45, 7) is 9.50. The van der Waals surface area contributed by atoms with Crippen molar-refractivity contribution in [1.29, 1.82) is 0 Å². The van der Waals surface area contributed by atoms with Crippen LogP contribution in [0, 0.1) is 17.8 Å². The van der Waals surface area contributed by atoms with Crippen molar-refractivity contribution in [3.05, 3.63) is 71.3 Å². The average Bonchev–Trinajstić information content (AvgIpc) is 2.78. The molecule has 2 N–H and O–H groups in total. The third-order valence-electron chi connectivity index (χ3n) is 5.43. The third-order valence-corrected chi connectivity index (χ3v) is 5.43. The van der Waals surface area contributed by atoms with Gasteiger partial charge in [0.1, 0.15) is 12.2 Å². The van der Waals surface area contributed by atoms with E-state index in [2.05, 4.69) is 5.32 Å². The van der Waals surface area contributed by atoms with Crippen LogP contribution < -0.4 is 5.32 Å². The maximum atomic E-state index is 13.1. The van der Waals surface area contributed by atoms with Crippen LogP contribution in [-0.4, -0.2) is 28.7 Å². The highest BCUT2D eigenvalue weighted by molar-refractivity contribution is 5.81. The predicted octanol–water partition coefficient (Wildman–Crippen LogP) is 5.36. The van der Waals surface area contributed by atoms with Crippen LogP contribution in [0.4, 0.5) is 4.79 Å². The lowest BCUT2D eigenvalue weighted by Gasteiger charge is -2.28. The number of ether oxygens (including phenoxy) is 2.